The molecule has 2 aromatic carbocycles. The predicted octanol–water partition coefficient (Wildman–Crippen LogP) is 15.2. The third-order valence-corrected chi connectivity index (χ3v) is 10.3. The molecule has 0 aliphatic rings. The van der Waals surface area contributed by atoms with Crippen molar-refractivity contribution in [2.75, 3.05) is 0 Å². The summed E-state index contributed by atoms with van der Waals surface area (Å²) in [6.45, 7) is 9.02. The van der Waals surface area contributed by atoms with Crippen molar-refractivity contribution >= 4 is 11.4 Å². The second-order valence-corrected chi connectivity index (χ2v) is 14.8. The lowest BCUT2D eigenvalue weighted by atomic mass is 9.83. The second kappa shape index (κ2) is 30.5. The molecule has 0 aliphatic carbocycles. The third kappa shape index (κ3) is 19.4. The van der Waals surface area contributed by atoms with Gasteiger partial charge in [-0.25, -0.2) is 0 Å². The number of benzene rings is 2. The molecular weight excluding hydrogens is 617 g/mol. The van der Waals surface area contributed by atoms with E-state index in [1.54, 1.807) is 0 Å². The van der Waals surface area contributed by atoms with Crippen LogP contribution in [-0.4, -0.2) is 10.7 Å². The monoisotopic (exact) mass is 691 g/mol. The molecule has 51 heavy (non-hydrogen) atoms. The highest BCUT2D eigenvalue weighted by Gasteiger charge is 2.20. The summed E-state index contributed by atoms with van der Waals surface area (Å²) in [6, 6.07) is 18.2. The van der Waals surface area contributed by atoms with Crippen LogP contribution in [0, 0.1) is 11.8 Å². The normalized spacial score (nSPS) is 11.4. The lowest BCUT2D eigenvalue weighted by molar-refractivity contribution is 0.00739. The molecule has 0 N–H and O–H groups in total. The molecule has 0 amide bonds. The Hall–Kier alpha value is -3.10. The Kier molecular flexibility index (Phi) is 26.4. The van der Waals surface area contributed by atoms with Crippen LogP contribution >= 0.6 is 0 Å². The molecule has 2 rings (SSSR count). The van der Waals surface area contributed by atoms with Crippen molar-refractivity contribution < 1.29 is 4.79 Å². The molecule has 0 spiro atoms. The average molecular weight is 691 g/mol. The molecule has 0 atom stereocenters. The van der Waals surface area contributed by atoms with Crippen LogP contribution in [0.2, 0.25) is 0 Å². The number of aryl methyl sites for hydroxylation is 2. The molecule has 2 aromatic rings. The fraction of sp³-hybridized carbons (Fsp3) is 0.633. The maximum atomic E-state index is 9.69. The topological polar surface area (TPSA) is 36.4 Å². The van der Waals surface area contributed by atoms with Gasteiger partial charge in [0.05, 0.1) is 5.57 Å². The average Bonchev–Trinajstić information content (AvgIpc) is 3.16. The van der Waals surface area contributed by atoms with Crippen molar-refractivity contribution in [1.82, 2.24) is 0 Å². The van der Waals surface area contributed by atoms with Crippen molar-refractivity contribution in [3.05, 3.63) is 87.5 Å². The Bertz CT molecular complexity index is 1350. The first-order valence-corrected chi connectivity index (χ1v) is 21.5. The fourth-order valence-electron chi connectivity index (χ4n) is 7.12. The third-order valence-electron chi connectivity index (χ3n) is 10.3. The summed E-state index contributed by atoms with van der Waals surface area (Å²) in [5.74, 6) is 10.0. The van der Waals surface area contributed by atoms with Crippen LogP contribution in [0.5, 0.6) is 0 Å². The van der Waals surface area contributed by atoms with Gasteiger partial charge in [0, 0.05) is 12.8 Å². The van der Waals surface area contributed by atoms with Gasteiger partial charge in [0.25, 0.3) is 0 Å². The van der Waals surface area contributed by atoms with E-state index in [-0.39, 0.29) is 0 Å². The molecule has 0 aliphatic heterocycles. The zero-order valence-electron chi connectivity index (χ0n) is 33.6. The highest BCUT2D eigenvalue weighted by atomic mass is 14.8. The van der Waals surface area contributed by atoms with Crippen LogP contribution in [0.15, 0.2) is 59.7 Å². The Morgan fingerprint density at radius 3 is 1.65 bits per heavy atom. The van der Waals surface area contributed by atoms with Crippen LogP contribution in [-0.2, 0) is 12.8 Å². The number of hydrogen-bond acceptors (Lipinski definition) is 0. The van der Waals surface area contributed by atoms with Gasteiger partial charge in [-0.05, 0) is 84.8 Å². The SMILES string of the molecule is CCCCCCCCCCCCCCCCCC#CCCc1ccccc1C(=C(CCCC)C(=C=[N+]=[N-])CCCC)c1ccc(CCCC)cc1. The number of unbranched alkanes of at least 4 members (excludes halogenated alkanes) is 18. The van der Waals surface area contributed by atoms with Gasteiger partial charge in [-0.3, -0.25) is 0 Å². The number of nitrogens with zero attached hydrogens (tertiary/aromatic N) is 2. The number of allylic oxidation sites excluding steroid dienone is 2. The Morgan fingerprint density at radius 2 is 1.06 bits per heavy atom. The summed E-state index contributed by atoms with van der Waals surface area (Å²) < 4.78 is 0. The molecule has 2 nitrogen and oxygen atoms in total. The van der Waals surface area contributed by atoms with Gasteiger partial charge in [-0.2, -0.15) is 0 Å². The smallest absolute Gasteiger partial charge is 0.303 e. The van der Waals surface area contributed by atoms with Gasteiger partial charge in [0.2, 0.25) is 0 Å². The largest absolute Gasteiger partial charge is 0.348 e. The van der Waals surface area contributed by atoms with E-state index in [9.17, 15) is 5.53 Å². The second-order valence-electron chi connectivity index (χ2n) is 14.8. The van der Waals surface area contributed by atoms with E-state index in [0.29, 0.717) is 0 Å². The standard InChI is InChI=1S/C49H74N2/c1-5-9-13-14-15-16-17-18-19-20-21-22-23-24-25-26-27-28-29-34-44-35-30-31-37-47(44)49(45-40-38-43(39-41-45)32-10-6-2)48(36-12-8-4)46(42-51-50)33-11-7-3/h30-31,35,37-41H,5-26,29,32-34,36H2,1-4H3. The van der Waals surface area contributed by atoms with E-state index in [1.165, 1.54) is 143 Å². The Balaban J connectivity index is 2.02. The highest BCUT2D eigenvalue weighted by Crippen LogP contribution is 2.36. The van der Waals surface area contributed by atoms with Gasteiger partial charge in [0.15, 0.2) is 0 Å². The minimum absolute atomic E-state index is 0.866. The molecule has 0 unspecified atom stereocenters. The molecular formula is C49H74N2. The molecule has 280 valence electrons. The van der Waals surface area contributed by atoms with Crippen molar-refractivity contribution in [3.63, 3.8) is 0 Å². The van der Waals surface area contributed by atoms with E-state index >= 15 is 0 Å². The van der Waals surface area contributed by atoms with E-state index in [2.05, 4.69) is 98.7 Å². The first-order valence-electron chi connectivity index (χ1n) is 21.5. The van der Waals surface area contributed by atoms with Crippen LogP contribution in [0.3, 0.4) is 0 Å². The highest BCUT2D eigenvalue weighted by molar-refractivity contribution is 5.88. The van der Waals surface area contributed by atoms with Crippen LogP contribution in [0.1, 0.15) is 210 Å². The molecule has 0 saturated heterocycles. The van der Waals surface area contributed by atoms with Gasteiger partial charge >= 0.3 is 5.87 Å². The zero-order valence-corrected chi connectivity index (χ0v) is 33.6. The van der Waals surface area contributed by atoms with E-state index in [0.717, 1.165) is 69.8 Å². The molecule has 0 radical (unpaired) electrons. The lowest BCUT2D eigenvalue weighted by Crippen LogP contribution is -2.03. The summed E-state index contributed by atoms with van der Waals surface area (Å²) in [5.41, 5.74) is 18.5. The van der Waals surface area contributed by atoms with Gasteiger partial charge < -0.3 is 5.53 Å². The summed E-state index contributed by atoms with van der Waals surface area (Å²) in [7, 11) is 0. The molecule has 0 bridgehead atoms. The van der Waals surface area contributed by atoms with E-state index in [1.807, 2.05) is 0 Å². The maximum Gasteiger partial charge on any atom is 0.303 e. The minimum Gasteiger partial charge on any atom is -0.348 e. The first-order chi connectivity index (χ1) is 25.2. The van der Waals surface area contributed by atoms with Gasteiger partial charge in [-0.1, -0.05) is 185 Å². The summed E-state index contributed by atoms with van der Waals surface area (Å²) >= 11 is 0. The predicted molar refractivity (Wildman–Crippen MR) is 224 cm³/mol. The van der Waals surface area contributed by atoms with Crippen LogP contribution in [0.4, 0.5) is 0 Å². The minimum atomic E-state index is 0.866. The van der Waals surface area contributed by atoms with Crippen molar-refractivity contribution in [1.29, 1.82) is 0 Å². The molecule has 0 fully saturated rings. The molecule has 2 heteroatoms. The van der Waals surface area contributed by atoms with Gasteiger partial charge in [-0.15, -0.1) is 16.6 Å². The number of hydrogen-bond donors (Lipinski definition) is 0. The van der Waals surface area contributed by atoms with Crippen molar-refractivity contribution in [2.45, 2.75) is 201 Å². The zero-order chi connectivity index (χ0) is 36.6. The quantitative estimate of drug-likeness (QED) is 0.0203. The van der Waals surface area contributed by atoms with Gasteiger partial charge in [0.1, 0.15) is 0 Å². The van der Waals surface area contributed by atoms with Crippen LogP contribution < -0.4 is 0 Å². The Morgan fingerprint density at radius 1 is 0.529 bits per heavy atom. The lowest BCUT2D eigenvalue weighted by Gasteiger charge is -2.20. The Labute approximate surface area is 315 Å². The number of rotatable bonds is 29. The molecule has 0 saturated carbocycles. The van der Waals surface area contributed by atoms with Crippen molar-refractivity contribution in [2.24, 2.45) is 0 Å². The fourth-order valence-corrected chi connectivity index (χ4v) is 7.12. The summed E-state index contributed by atoms with van der Waals surface area (Å²) in [4.78, 5) is 3.45. The van der Waals surface area contributed by atoms with Crippen LogP contribution in [0.25, 0.3) is 11.1 Å². The van der Waals surface area contributed by atoms with E-state index < -0.39 is 0 Å². The molecule has 0 heterocycles. The summed E-state index contributed by atoms with van der Waals surface area (Å²) in [5, 5.41) is 0. The first kappa shape index (κ1) is 44.1. The maximum absolute atomic E-state index is 9.69. The molecule has 0 aromatic heterocycles. The summed E-state index contributed by atoms with van der Waals surface area (Å²) in [6.07, 6.45) is 33.5. The van der Waals surface area contributed by atoms with E-state index in [4.69, 9.17) is 0 Å². The van der Waals surface area contributed by atoms with Crippen molar-refractivity contribution in [3.8, 4) is 11.8 Å².